The minimum absolute atomic E-state index is 0.0494. The zero-order chi connectivity index (χ0) is 58.5. The zero-order valence-electron chi connectivity index (χ0n) is 47.5. The first-order valence-corrected chi connectivity index (χ1v) is 29.1. The van der Waals surface area contributed by atoms with Gasteiger partial charge in [0.2, 0.25) is 0 Å². The molecule has 0 spiro atoms. The predicted octanol–water partition coefficient (Wildman–Crippen LogP) is 19.4. The average Bonchev–Trinajstić information content (AvgIpc) is 3.17. The number of hydrazone groups is 1. The number of azo groups is 2. The lowest BCUT2D eigenvalue weighted by molar-refractivity contribution is -0.0625. The fourth-order valence-electron chi connectivity index (χ4n) is 8.81. The van der Waals surface area contributed by atoms with E-state index in [-0.39, 0.29) is 34.0 Å². The van der Waals surface area contributed by atoms with E-state index in [0.717, 1.165) is 37.2 Å². The van der Waals surface area contributed by atoms with E-state index in [1.807, 2.05) is 48.5 Å². The Kier molecular flexibility index (Phi) is 25.1. The number of hydrogen-bond donors (Lipinski definition) is 0. The Morgan fingerprint density at radius 1 is 0.410 bits per heavy atom. The maximum atomic E-state index is 14.2. The molecule has 0 saturated carbocycles. The van der Waals surface area contributed by atoms with Crippen molar-refractivity contribution in [2.24, 2.45) is 25.6 Å². The third kappa shape index (κ3) is 21.1. The number of anilines is 2. The summed E-state index contributed by atoms with van der Waals surface area (Å²) in [6.45, 7) is 5.81. The van der Waals surface area contributed by atoms with Crippen LogP contribution in [0.25, 0.3) is 0 Å². The molecule has 0 atom stereocenters. The van der Waals surface area contributed by atoms with Gasteiger partial charge in [0.15, 0.2) is 0 Å². The van der Waals surface area contributed by atoms with Gasteiger partial charge in [0.05, 0.1) is 58.5 Å². The SMILES string of the molecule is CCCCCCCCCCCCOc1ccc(N=Nc2ccc(C(=O)Oc3ccc(N4[N]C(C(F)(F)F)=NN(c5ccc(OC(=O)c6ccc(N=Nc7ccc(OCCCCCCCCCCCC)cc7)cc6)cc5)C4=O)cc3)cc2)cc1. The predicted molar refractivity (Wildman–Crippen MR) is 318 cm³/mol. The van der Waals surface area contributed by atoms with Crippen molar-refractivity contribution in [1.29, 1.82) is 0 Å². The van der Waals surface area contributed by atoms with Crippen LogP contribution in [0.5, 0.6) is 23.0 Å². The summed E-state index contributed by atoms with van der Waals surface area (Å²) < 4.78 is 65.3. The molecule has 2 amide bonds. The molecular formula is C65H74F3N8O7. The molecule has 437 valence electrons. The highest BCUT2D eigenvalue weighted by atomic mass is 19.4. The van der Waals surface area contributed by atoms with E-state index in [1.165, 1.54) is 176 Å². The molecule has 1 radical (unpaired) electrons. The van der Waals surface area contributed by atoms with Gasteiger partial charge < -0.3 is 18.9 Å². The van der Waals surface area contributed by atoms with Crippen LogP contribution in [-0.4, -0.2) is 43.2 Å². The second kappa shape index (κ2) is 33.5. The van der Waals surface area contributed by atoms with Crippen LogP contribution >= 0.6 is 0 Å². The summed E-state index contributed by atoms with van der Waals surface area (Å²) in [5.41, 5.74) is 5.99. The molecule has 0 unspecified atom stereocenters. The van der Waals surface area contributed by atoms with E-state index in [2.05, 4.69) is 44.8 Å². The number of amidine groups is 1. The lowest BCUT2D eigenvalue weighted by Gasteiger charge is -2.32. The average molecular weight is 1140 g/mol. The number of hydrogen-bond acceptors (Lipinski definition) is 12. The minimum Gasteiger partial charge on any atom is -0.494 e. The summed E-state index contributed by atoms with van der Waals surface area (Å²) in [6.07, 6.45) is 20.2. The number of esters is 2. The summed E-state index contributed by atoms with van der Waals surface area (Å²) >= 11 is 0. The van der Waals surface area contributed by atoms with Crippen molar-refractivity contribution in [1.82, 2.24) is 5.43 Å². The van der Waals surface area contributed by atoms with Crippen LogP contribution in [0.15, 0.2) is 171 Å². The maximum Gasteiger partial charge on any atom is 0.455 e. The van der Waals surface area contributed by atoms with Crippen LogP contribution in [0.1, 0.15) is 163 Å². The van der Waals surface area contributed by atoms with Crippen molar-refractivity contribution >= 4 is 57.9 Å². The molecule has 6 aromatic rings. The molecule has 0 N–H and O–H groups in total. The highest BCUT2D eigenvalue weighted by Crippen LogP contribution is 2.31. The van der Waals surface area contributed by atoms with Crippen molar-refractivity contribution in [3.05, 3.63) is 157 Å². The zero-order valence-corrected chi connectivity index (χ0v) is 47.5. The molecule has 18 heteroatoms. The Balaban J connectivity index is 0.838. The van der Waals surface area contributed by atoms with Crippen molar-refractivity contribution < 1.29 is 46.5 Å². The van der Waals surface area contributed by atoms with Gasteiger partial charge in [-0.05, 0) is 158 Å². The molecule has 1 aliphatic rings. The molecule has 0 aliphatic carbocycles. The highest BCUT2D eigenvalue weighted by Gasteiger charge is 2.45. The largest absolute Gasteiger partial charge is 0.494 e. The van der Waals surface area contributed by atoms with Crippen LogP contribution < -0.4 is 34.4 Å². The molecule has 0 aromatic heterocycles. The number of unbranched alkanes of at least 4 members (excludes halogenated alkanes) is 18. The van der Waals surface area contributed by atoms with E-state index in [0.29, 0.717) is 46.0 Å². The summed E-state index contributed by atoms with van der Waals surface area (Å²) in [7, 11) is 0. The van der Waals surface area contributed by atoms with Gasteiger partial charge in [-0.15, -0.1) is 10.5 Å². The Labute approximate surface area is 485 Å². The van der Waals surface area contributed by atoms with Gasteiger partial charge in [-0.2, -0.15) is 43.6 Å². The van der Waals surface area contributed by atoms with Gasteiger partial charge in [-0.25, -0.2) is 14.4 Å². The molecular weight excluding hydrogens is 1060 g/mol. The Bertz CT molecular complexity index is 3010. The van der Waals surface area contributed by atoms with E-state index in [4.69, 9.17) is 18.9 Å². The van der Waals surface area contributed by atoms with Crippen molar-refractivity contribution in [2.75, 3.05) is 23.2 Å². The third-order valence-corrected chi connectivity index (χ3v) is 13.6. The van der Waals surface area contributed by atoms with E-state index >= 15 is 0 Å². The normalized spacial score (nSPS) is 12.6. The second-order valence-corrected chi connectivity index (χ2v) is 20.2. The summed E-state index contributed by atoms with van der Waals surface area (Å²) in [6, 6.07) is 36.5. The topological polar surface area (TPSA) is 171 Å². The first-order chi connectivity index (χ1) is 40.4. The van der Waals surface area contributed by atoms with Gasteiger partial charge in [0.1, 0.15) is 23.0 Å². The maximum absolute atomic E-state index is 14.2. The number of alkyl halides is 3. The number of benzene rings is 6. The number of rotatable bonds is 34. The smallest absolute Gasteiger partial charge is 0.455 e. The van der Waals surface area contributed by atoms with Crippen molar-refractivity contribution in [2.45, 2.75) is 148 Å². The number of halogens is 3. The number of ether oxygens (including phenoxy) is 4. The number of amides is 2. The van der Waals surface area contributed by atoms with E-state index in [9.17, 15) is 27.6 Å². The standard InChI is InChI=1S/C65H74F3N8O7/c1-3-5-7-9-11-13-15-17-19-21-47-80-57-39-31-53(32-40-57)71-69-51-27-23-49(24-28-51)61(77)82-59-43-35-55(36-44-59)75-64(79)76(74-63(73-75)65(66,67)68)56-37-45-60(46-38-56)83-62(78)50-25-29-52(30-26-50)70-72-54-33-41-58(42-34-54)81-48-22-20-18-16-14-12-10-8-6-4-2/h23-46H,3-22,47-48H2,1-2H3. The molecule has 1 aliphatic heterocycles. The molecule has 0 fully saturated rings. The van der Waals surface area contributed by atoms with Gasteiger partial charge in [-0.1, -0.05) is 129 Å². The van der Waals surface area contributed by atoms with Gasteiger partial charge in [0.25, 0.3) is 5.84 Å². The molecule has 1 heterocycles. The Morgan fingerprint density at radius 3 is 1.05 bits per heavy atom. The van der Waals surface area contributed by atoms with E-state index < -0.39 is 30.0 Å². The van der Waals surface area contributed by atoms with Crippen LogP contribution in [-0.2, 0) is 0 Å². The quantitative estimate of drug-likeness (QED) is 0.0167. The summed E-state index contributed by atoms with van der Waals surface area (Å²) in [5.74, 6) is -1.40. The molecule has 6 aromatic carbocycles. The van der Waals surface area contributed by atoms with Gasteiger partial charge in [-0.3, -0.25) is 0 Å². The third-order valence-electron chi connectivity index (χ3n) is 13.6. The van der Waals surface area contributed by atoms with Gasteiger partial charge in [0, 0.05) is 0 Å². The highest BCUT2D eigenvalue weighted by molar-refractivity contribution is 6.10. The number of carbonyl (C=O) groups excluding carboxylic acids is 3. The van der Waals surface area contributed by atoms with Crippen LogP contribution in [0.4, 0.5) is 52.1 Å². The first kappa shape index (κ1) is 62.2. The number of nitrogens with zero attached hydrogens (tertiary/aromatic N) is 8. The van der Waals surface area contributed by atoms with Gasteiger partial charge >= 0.3 is 24.1 Å². The van der Waals surface area contributed by atoms with E-state index in [1.54, 1.807) is 24.3 Å². The lowest BCUT2D eigenvalue weighted by atomic mass is 10.1. The Hall–Kier alpha value is -8.41. The number of urea groups is 1. The molecule has 7 rings (SSSR count). The van der Waals surface area contributed by atoms with Crippen LogP contribution in [0.3, 0.4) is 0 Å². The first-order valence-electron chi connectivity index (χ1n) is 29.1. The van der Waals surface area contributed by atoms with Crippen LogP contribution in [0.2, 0.25) is 0 Å². The number of carbonyl (C=O) groups is 3. The molecule has 0 bridgehead atoms. The monoisotopic (exact) mass is 1140 g/mol. The second-order valence-electron chi connectivity index (χ2n) is 20.2. The fraction of sp³-hybridized carbons (Fsp3) is 0.385. The Morgan fingerprint density at radius 2 is 0.711 bits per heavy atom. The molecule has 83 heavy (non-hydrogen) atoms. The molecule has 0 saturated heterocycles. The minimum atomic E-state index is -5.05. The lowest BCUT2D eigenvalue weighted by Crippen LogP contribution is -2.55. The van der Waals surface area contributed by atoms with Crippen LogP contribution in [0, 0.1) is 0 Å². The summed E-state index contributed by atoms with van der Waals surface area (Å²) in [4.78, 5) is 39.8. The van der Waals surface area contributed by atoms with Crippen molar-refractivity contribution in [3.8, 4) is 23.0 Å². The molecule has 15 nitrogen and oxygen atoms in total. The summed E-state index contributed by atoms with van der Waals surface area (Å²) in [5, 5.41) is 21.6. The fourth-order valence-corrected chi connectivity index (χ4v) is 8.81. The van der Waals surface area contributed by atoms with Crippen molar-refractivity contribution in [3.63, 3.8) is 0 Å².